The highest BCUT2D eigenvalue weighted by Crippen LogP contribution is 2.29. The second-order valence-corrected chi connectivity index (χ2v) is 5.62. The normalized spacial score (nSPS) is 29.2. The summed E-state index contributed by atoms with van der Waals surface area (Å²) in [5, 5.41) is 0. The Bertz CT molecular complexity index is 398. The number of rotatable bonds is 3. The monoisotopic (exact) mass is 242 g/mol. The number of nitrogens with zero attached hydrogens (tertiary/aromatic N) is 2. The fourth-order valence-electron chi connectivity index (χ4n) is 3.37. The molecule has 0 amide bonds. The van der Waals surface area contributed by atoms with Gasteiger partial charge in [-0.2, -0.15) is 0 Å². The Labute approximate surface area is 110 Å². The van der Waals surface area contributed by atoms with Gasteiger partial charge in [-0.05, 0) is 25.5 Å². The lowest BCUT2D eigenvalue weighted by Gasteiger charge is -2.38. The molecule has 0 aliphatic carbocycles. The molecule has 1 aromatic carbocycles. The minimum Gasteiger partial charge on any atom is -0.303 e. The van der Waals surface area contributed by atoms with Crippen molar-refractivity contribution in [1.29, 1.82) is 0 Å². The van der Waals surface area contributed by atoms with E-state index in [4.69, 9.17) is 0 Å². The van der Waals surface area contributed by atoms with E-state index in [2.05, 4.69) is 59.3 Å². The average Bonchev–Trinajstić information content (AvgIpc) is 2.63. The van der Waals surface area contributed by atoms with Crippen molar-refractivity contribution in [3.8, 4) is 0 Å². The molecule has 2 atom stereocenters. The standard InChI is InChI=1S/C16H22N2/c1-17-12-15-9-10-16(13-17)18(15)11-5-8-14-6-3-2-4-7-14/h2-8,15-16H,9-13H2,1H3/b8-5+/t15-,16+. The van der Waals surface area contributed by atoms with Crippen LogP contribution in [0.1, 0.15) is 18.4 Å². The maximum absolute atomic E-state index is 2.69. The molecule has 0 radical (unpaired) electrons. The Balaban J connectivity index is 1.59. The summed E-state index contributed by atoms with van der Waals surface area (Å²) in [6.07, 6.45) is 7.34. The van der Waals surface area contributed by atoms with Crippen molar-refractivity contribution in [3.05, 3.63) is 42.0 Å². The molecule has 2 saturated heterocycles. The van der Waals surface area contributed by atoms with Crippen LogP contribution in [0, 0.1) is 0 Å². The third kappa shape index (κ3) is 2.50. The summed E-state index contributed by atoms with van der Waals surface area (Å²) >= 11 is 0. The fourth-order valence-corrected chi connectivity index (χ4v) is 3.37. The summed E-state index contributed by atoms with van der Waals surface area (Å²) in [5.74, 6) is 0. The van der Waals surface area contributed by atoms with Crippen molar-refractivity contribution in [2.45, 2.75) is 24.9 Å². The van der Waals surface area contributed by atoms with Crippen LogP contribution in [0.25, 0.3) is 6.08 Å². The summed E-state index contributed by atoms with van der Waals surface area (Å²) < 4.78 is 0. The van der Waals surface area contributed by atoms with Crippen LogP contribution < -0.4 is 0 Å². The summed E-state index contributed by atoms with van der Waals surface area (Å²) in [4.78, 5) is 5.18. The van der Waals surface area contributed by atoms with Crippen LogP contribution in [-0.2, 0) is 0 Å². The third-order valence-electron chi connectivity index (χ3n) is 4.24. The molecule has 18 heavy (non-hydrogen) atoms. The molecular weight excluding hydrogens is 220 g/mol. The Morgan fingerprint density at radius 1 is 1.11 bits per heavy atom. The van der Waals surface area contributed by atoms with Crippen molar-refractivity contribution < 1.29 is 0 Å². The minimum absolute atomic E-state index is 0.786. The van der Waals surface area contributed by atoms with Crippen LogP contribution in [0.3, 0.4) is 0 Å². The van der Waals surface area contributed by atoms with E-state index in [-0.39, 0.29) is 0 Å². The van der Waals surface area contributed by atoms with Gasteiger partial charge in [-0.1, -0.05) is 42.5 Å². The van der Waals surface area contributed by atoms with Crippen LogP contribution in [-0.4, -0.2) is 48.6 Å². The van der Waals surface area contributed by atoms with Gasteiger partial charge in [0, 0.05) is 31.7 Å². The van der Waals surface area contributed by atoms with E-state index in [9.17, 15) is 0 Å². The number of likely N-dealkylation sites (N-methyl/N-ethyl adjacent to an activating group) is 1. The van der Waals surface area contributed by atoms with E-state index in [1.807, 2.05) is 0 Å². The first-order valence-electron chi connectivity index (χ1n) is 6.99. The Morgan fingerprint density at radius 3 is 2.44 bits per heavy atom. The van der Waals surface area contributed by atoms with Crippen molar-refractivity contribution >= 4 is 6.08 Å². The summed E-state index contributed by atoms with van der Waals surface area (Å²) in [5.41, 5.74) is 1.30. The first-order chi connectivity index (χ1) is 8.83. The molecule has 0 N–H and O–H groups in total. The zero-order valence-electron chi connectivity index (χ0n) is 11.1. The molecule has 2 fully saturated rings. The van der Waals surface area contributed by atoms with Gasteiger partial charge in [0.25, 0.3) is 0 Å². The molecule has 0 saturated carbocycles. The zero-order valence-corrected chi connectivity index (χ0v) is 11.1. The lowest BCUT2D eigenvalue weighted by Crippen LogP contribution is -2.52. The average molecular weight is 242 g/mol. The van der Waals surface area contributed by atoms with Crippen molar-refractivity contribution in [1.82, 2.24) is 9.80 Å². The van der Waals surface area contributed by atoms with Crippen molar-refractivity contribution in [2.75, 3.05) is 26.7 Å². The maximum atomic E-state index is 2.69. The van der Waals surface area contributed by atoms with Gasteiger partial charge in [0.2, 0.25) is 0 Å². The van der Waals surface area contributed by atoms with Gasteiger partial charge in [0.1, 0.15) is 0 Å². The first kappa shape index (κ1) is 11.9. The number of piperazine rings is 1. The smallest absolute Gasteiger partial charge is 0.0230 e. The van der Waals surface area contributed by atoms with E-state index < -0.39 is 0 Å². The second kappa shape index (κ2) is 5.25. The minimum atomic E-state index is 0.786. The van der Waals surface area contributed by atoms with Gasteiger partial charge in [-0.25, -0.2) is 0 Å². The summed E-state index contributed by atoms with van der Waals surface area (Å²) in [6, 6.07) is 12.2. The van der Waals surface area contributed by atoms with Gasteiger partial charge < -0.3 is 4.90 Å². The molecule has 2 bridgehead atoms. The Morgan fingerprint density at radius 2 is 1.78 bits per heavy atom. The van der Waals surface area contributed by atoms with E-state index in [1.165, 1.54) is 31.5 Å². The number of hydrogen-bond donors (Lipinski definition) is 0. The van der Waals surface area contributed by atoms with Gasteiger partial charge in [-0.3, -0.25) is 4.90 Å². The molecule has 0 unspecified atom stereocenters. The second-order valence-electron chi connectivity index (χ2n) is 5.62. The lowest BCUT2D eigenvalue weighted by molar-refractivity contribution is 0.0938. The fraction of sp³-hybridized carbons (Fsp3) is 0.500. The third-order valence-corrected chi connectivity index (χ3v) is 4.24. The van der Waals surface area contributed by atoms with Gasteiger partial charge in [0.15, 0.2) is 0 Å². The van der Waals surface area contributed by atoms with Crippen molar-refractivity contribution in [2.24, 2.45) is 0 Å². The largest absolute Gasteiger partial charge is 0.303 e. The van der Waals surface area contributed by atoms with E-state index in [1.54, 1.807) is 0 Å². The van der Waals surface area contributed by atoms with Crippen LogP contribution in [0.5, 0.6) is 0 Å². The summed E-state index contributed by atoms with van der Waals surface area (Å²) in [7, 11) is 2.25. The first-order valence-corrected chi connectivity index (χ1v) is 6.99. The quantitative estimate of drug-likeness (QED) is 0.803. The predicted octanol–water partition coefficient (Wildman–Crippen LogP) is 2.48. The number of likely N-dealkylation sites (tertiary alicyclic amines) is 1. The van der Waals surface area contributed by atoms with E-state index in [0.717, 1.165) is 18.6 Å². The van der Waals surface area contributed by atoms with E-state index in [0.29, 0.717) is 0 Å². The maximum Gasteiger partial charge on any atom is 0.0230 e. The van der Waals surface area contributed by atoms with Gasteiger partial charge in [0.05, 0.1) is 0 Å². The van der Waals surface area contributed by atoms with E-state index >= 15 is 0 Å². The van der Waals surface area contributed by atoms with Crippen molar-refractivity contribution in [3.63, 3.8) is 0 Å². The predicted molar refractivity (Wildman–Crippen MR) is 76.5 cm³/mol. The van der Waals surface area contributed by atoms with Crippen LogP contribution in [0.2, 0.25) is 0 Å². The van der Waals surface area contributed by atoms with Gasteiger partial charge in [-0.15, -0.1) is 0 Å². The van der Waals surface area contributed by atoms with Crippen LogP contribution in [0.15, 0.2) is 36.4 Å². The summed E-state index contributed by atoms with van der Waals surface area (Å²) in [6.45, 7) is 3.60. The van der Waals surface area contributed by atoms with Crippen LogP contribution in [0.4, 0.5) is 0 Å². The lowest BCUT2D eigenvalue weighted by atomic mass is 10.2. The number of hydrogen-bond acceptors (Lipinski definition) is 2. The molecule has 2 aliphatic rings. The highest BCUT2D eigenvalue weighted by molar-refractivity contribution is 5.48. The number of benzene rings is 1. The van der Waals surface area contributed by atoms with Crippen LogP contribution >= 0.6 is 0 Å². The zero-order chi connectivity index (χ0) is 12.4. The molecule has 2 aliphatic heterocycles. The molecule has 2 heterocycles. The molecule has 2 nitrogen and oxygen atoms in total. The molecule has 3 rings (SSSR count). The Kier molecular flexibility index (Phi) is 3.48. The molecule has 2 heteroatoms. The van der Waals surface area contributed by atoms with Gasteiger partial charge >= 0.3 is 0 Å². The molecule has 1 aromatic rings. The highest BCUT2D eigenvalue weighted by atomic mass is 15.3. The molecule has 96 valence electrons. The SMILES string of the molecule is CN1C[C@H]2CC[C@@H](C1)N2C/C=C/c1ccccc1. The highest BCUT2D eigenvalue weighted by Gasteiger charge is 2.37. The topological polar surface area (TPSA) is 6.48 Å². The molecule has 0 aromatic heterocycles. The number of fused-ring (bicyclic) bond motifs is 2. The molecular formula is C16H22N2. The Hall–Kier alpha value is -1.12. The molecule has 0 spiro atoms.